The maximum Gasteiger partial charge on any atom is 0.408 e. The number of aryl methyl sites for hydroxylation is 3. The van der Waals surface area contributed by atoms with Crippen molar-refractivity contribution in [3.63, 3.8) is 0 Å². The third kappa shape index (κ3) is 6.75. The fourth-order valence-corrected chi connectivity index (χ4v) is 3.72. The number of ether oxygens (including phenoxy) is 1. The fourth-order valence-electron chi connectivity index (χ4n) is 3.46. The molecular weight excluding hydrogens is 454 g/mol. The summed E-state index contributed by atoms with van der Waals surface area (Å²) < 4.78 is 5.17. The highest BCUT2D eigenvalue weighted by Crippen LogP contribution is 2.31. The van der Waals surface area contributed by atoms with Crippen LogP contribution >= 0.6 is 11.6 Å². The summed E-state index contributed by atoms with van der Waals surface area (Å²) in [6.07, 6.45) is 4.95. The molecule has 2 N–H and O–H groups in total. The van der Waals surface area contributed by atoms with Gasteiger partial charge in [-0.2, -0.15) is 0 Å². The molecule has 1 unspecified atom stereocenters. The molecule has 0 aromatic heterocycles. The molecule has 0 fully saturated rings. The van der Waals surface area contributed by atoms with Crippen LogP contribution in [0.25, 0.3) is 0 Å². The van der Waals surface area contributed by atoms with Crippen LogP contribution in [0.3, 0.4) is 0 Å². The minimum Gasteiger partial charge on any atom is -0.444 e. The molecule has 0 aliphatic carbocycles. The summed E-state index contributed by atoms with van der Waals surface area (Å²) in [5, 5.41) is 5.58. The second-order valence-electron chi connectivity index (χ2n) is 8.88. The average molecular weight is 484 g/mol. The normalized spacial score (nSPS) is 11.7. The Morgan fingerprint density at radius 1 is 1.06 bits per heavy atom. The van der Waals surface area contributed by atoms with Gasteiger partial charge in [-0.3, -0.25) is 14.5 Å². The van der Waals surface area contributed by atoms with Crippen LogP contribution in [0.15, 0.2) is 36.4 Å². The van der Waals surface area contributed by atoms with E-state index in [1.165, 1.54) is 0 Å². The number of rotatable bonds is 6. The lowest BCUT2D eigenvalue weighted by molar-refractivity contribution is -0.134. The van der Waals surface area contributed by atoms with E-state index in [-0.39, 0.29) is 0 Å². The molecule has 0 saturated carbocycles. The van der Waals surface area contributed by atoms with Crippen molar-refractivity contribution in [2.75, 3.05) is 11.9 Å². The Morgan fingerprint density at radius 3 is 2.15 bits per heavy atom. The van der Waals surface area contributed by atoms with E-state index in [4.69, 9.17) is 22.8 Å². The van der Waals surface area contributed by atoms with E-state index in [0.29, 0.717) is 16.3 Å². The Hall–Kier alpha value is -3.50. The Kier molecular flexibility index (Phi) is 8.72. The number of hydrogen-bond donors (Lipinski definition) is 2. The molecule has 3 amide bonds. The maximum absolute atomic E-state index is 13.6. The number of carbonyl (C=O) groups is 3. The first kappa shape index (κ1) is 26.7. The van der Waals surface area contributed by atoms with Crippen molar-refractivity contribution >= 4 is 35.2 Å². The first-order valence-corrected chi connectivity index (χ1v) is 11.1. The third-order valence-electron chi connectivity index (χ3n) is 4.98. The lowest BCUT2D eigenvalue weighted by Crippen LogP contribution is -2.44. The van der Waals surface area contributed by atoms with Gasteiger partial charge >= 0.3 is 6.09 Å². The molecular formula is C26H30ClN3O4. The van der Waals surface area contributed by atoms with Crippen molar-refractivity contribution < 1.29 is 19.1 Å². The minimum atomic E-state index is -1.16. The molecule has 1 atom stereocenters. The van der Waals surface area contributed by atoms with Gasteiger partial charge in [0.15, 0.2) is 0 Å². The van der Waals surface area contributed by atoms with Gasteiger partial charge in [0.05, 0.1) is 10.7 Å². The van der Waals surface area contributed by atoms with E-state index in [1.54, 1.807) is 32.9 Å². The van der Waals surface area contributed by atoms with Gasteiger partial charge < -0.3 is 15.4 Å². The van der Waals surface area contributed by atoms with Gasteiger partial charge in [0.25, 0.3) is 11.8 Å². The highest BCUT2D eigenvalue weighted by atomic mass is 35.5. The van der Waals surface area contributed by atoms with E-state index in [9.17, 15) is 14.4 Å². The van der Waals surface area contributed by atoms with E-state index < -0.39 is 36.1 Å². The van der Waals surface area contributed by atoms with Gasteiger partial charge in [0, 0.05) is 6.04 Å². The molecule has 0 spiro atoms. The van der Waals surface area contributed by atoms with E-state index >= 15 is 0 Å². The molecule has 0 aliphatic heterocycles. The lowest BCUT2D eigenvalue weighted by Gasteiger charge is -2.29. The monoisotopic (exact) mass is 483 g/mol. The number of benzene rings is 2. The smallest absolute Gasteiger partial charge is 0.408 e. The number of halogens is 1. The first-order valence-electron chi connectivity index (χ1n) is 10.7. The second-order valence-corrected chi connectivity index (χ2v) is 9.28. The van der Waals surface area contributed by atoms with Crippen LogP contribution in [0, 0.1) is 33.2 Å². The molecule has 8 heteroatoms. The summed E-state index contributed by atoms with van der Waals surface area (Å²) in [6, 6.07) is 11.9. The molecule has 2 aromatic rings. The quantitative estimate of drug-likeness (QED) is 0.452. The van der Waals surface area contributed by atoms with Crippen LogP contribution < -0.4 is 10.6 Å². The number of amides is 3. The van der Waals surface area contributed by atoms with Gasteiger partial charge in [-0.1, -0.05) is 48.4 Å². The lowest BCUT2D eigenvalue weighted by atomic mass is 9.94. The summed E-state index contributed by atoms with van der Waals surface area (Å²) in [5.74, 6) is -1.18. The molecule has 0 aliphatic rings. The van der Waals surface area contributed by atoms with Crippen molar-refractivity contribution in [1.82, 2.24) is 10.2 Å². The zero-order chi connectivity index (χ0) is 25.6. The first-order chi connectivity index (χ1) is 15.9. The predicted molar refractivity (Wildman–Crippen MR) is 133 cm³/mol. The van der Waals surface area contributed by atoms with E-state index in [0.717, 1.165) is 21.6 Å². The summed E-state index contributed by atoms with van der Waals surface area (Å²) in [7, 11) is 0. The fraction of sp³-hybridized carbons (Fsp3) is 0.346. The van der Waals surface area contributed by atoms with Gasteiger partial charge in [0.1, 0.15) is 18.2 Å². The number of anilines is 1. The molecule has 0 radical (unpaired) electrons. The summed E-state index contributed by atoms with van der Waals surface area (Å²) in [4.78, 5) is 39.7. The number of terminal acetylenes is 1. The Morgan fingerprint density at radius 2 is 1.62 bits per heavy atom. The largest absolute Gasteiger partial charge is 0.444 e. The number of carbonyl (C=O) groups excluding carboxylic acids is 3. The number of alkyl carbamates (subject to hydrolysis) is 1. The Labute approximate surface area is 205 Å². The SMILES string of the molecule is C#CN(C(=O)CNC(=O)OC(C)(C)C)C(C(=O)Nc1c(C)cccc1Cl)c1c(C)cccc1C. The predicted octanol–water partition coefficient (Wildman–Crippen LogP) is 4.89. The number of para-hydroxylation sites is 1. The van der Waals surface area contributed by atoms with Crippen LogP contribution in [0.5, 0.6) is 0 Å². The van der Waals surface area contributed by atoms with Gasteiger partial charge in [-0.05, 0) is 69.9 Å². The average Bonchev–Trinajstić information content (AvgIpc) is 2.72. The summed E-state index contributed by atoms with van der Waals surface area (Å²) >= 11 is 6.30. The third-order valence-corrected chi connectivity index (χ3v) is 5.30. The summed E-state index contributed by atoms with van der Waals surface area (Å²) in [5.41, 5.74) is 2.61. The molecule has 34 heavy (non-hydrogen) atoms. The Bertz CT molecular complexity index is 1090. The molecule has 7 nitrogen and oxygen atoms in total. The van der Waals surface area contributed by atoms with Crippen molar-refractivity contribution in [2.45, 2.75) is 53.2 Å². The van der Waals surface area contributed by atoms with E-state index in [1.807, 2.05) is 45.0 Å². The maximum atomic E-state index is 13.6. The van der Waals surface area contributed by atoms with E-state index in [2.05, 4.69) is 16.7 Å². The van der Waals surface area contributed by atoms with Crippen LogP contribution in [0.2, 0.25) is 5.02 Å². The highest BCUT2D eigenvalue weighted by molar-refractivity contribution is 6.34. The second kappa shape index (κ2) is 11.1. The minimum absolute atomic E-state index is 0.360. The number of hydrogen-bond acceptors (Lipinski definition) is 4. The Balaban J connectivity index is 2.42. The van der Waals surface area contributed by atoms with Gasteiger partial charge in [0.2, 0.25) is 0 Å². The molecule has 2 rings (SSSR count). The zero-order valence-electron chi connectivity index (χ0n) is 20.3. The van der Waals surface area contributed by atoms with Gasteiger partial charge in [-0.25, -0.2) is 4.79 Å². The molecule has 180 valence electrons. The molecule has 0 heterocycles. The molecule has 2 aromatic carbocycles. The zero-order valence-corrected chi connectivity index (χ0v) is 21.0. The molecule has 0 bridgehead atoms. The van der Waals surface area contributed by atoms with Crippen molar-refractivity contribution in [1.29, 1.82) is 0 Å². The van der Waals surface area contributed by atoms with Crippen molar-refractivity contribution in [2.24, 2.45) is 0 Å². The summed E-state index contributed by atoms with van der Waals surface area (Å²) in [6.45, 7) is 10.2. The number of nitrogens with zero attached hydrogens (tertiary/aromatic N) is 1. The van der Waals surface area contributed by atoms with Crippen LogP contribution in [-0.4, -0.2) is 35.0 Å². The number of nitrogens with one attached hydrogen (secondary N) is 2. The molecule has 0 saturated heterocycles. The van der Waals surface area contributed by atoms with Crippen LogP contribution in [-0.2, 0) is 14.3 Å². The van der Waals surface area contributed by atoms with Crippen LogP contribution in [0.4, 0.5) is 10.5 Å². The van der Waals surface area contributed by atoms with Crippen molar-refractivity contribution in [3.05, 3.63) is 63.7 Å². The van der Waals surface area contributed by atoms with Gasteiger partial charge in [-0.15, -0.1) is 0 Å². The highest BCUT2D eigenvalue weighted by Gasteiger charge is 2.34. The standard InChI is InChI=1S/C26H30ClN3O4/c1-8-30(20(31)15-28-25(33)34-26(5,6)7)23(21-16(2)11-9-12-17(21)3)24(32)29-22-18(4)13-10-14-19(22)27/h1,9-14,23H,15H2,2-7H3,(H,28,33)(H,29,32). The van der Waals surface area contributed by atoms with Crippen LogP contribution in [0.1, 0.15) is 49.1 Å². The topological polar surface area (TPSA) is 87.7 Å². The van der Waals surface area contributed by atoms with Crippen molar-refractivity contribution in [3.8, 4) is 12.5 Å².